The molecule has 1 saturated heterocycles. The summed E-state index contributed by atoms with van der Waals surface area (Å²) in [5, 5.41) is 3.64. The molecule has 3 rings (SSSR count). The van der Waals surface area contributed by atoms with E-state index in [9.17, 15) is 9.59 Å². The number of thioether (sulfide) groups is 1. The third kappa shape index (κ3) is 7.38. The maximum absolute atomic E-state index is 12.4. The highest BCUT2D eigenvalue weighted by Gasteiger charge is 2.22. The van der Waals surface area contributed by atoms with Crippen molar-refractivity contribution in [1.29, 1.82) is 0 Å². The fourth-order valence-corrected chi connectivity index (χ4v) is 4.16. The number of hydrogen-bond acceptors (Lipinski definition) is 4. The van der Waals surface area contributed by atoms with Crippen LogP contribution in [0.5, 0.6) is 0 Å². The molecule has 0 radical (unpaired) electrons. The average molecular weight is 432 g/mol. The maximum atomic E-state index is 12.4. The Hall–Kier alpha value is -2.02. The van der Waals surface area contributed by atoms with E-state index in [1.54, 1.807) is 11.8 Å². The summed E-state index contributed by atoms with van der Waals surface area (Å²) >= 11 is 7.63. The summed E-state index contributed by atoms with van der Waals surface area (Å²) in [6.07, 6.45) is 1.42. The molecule has 7 heteroatoms. The van der Waals surface area contributed by atoms with Crippen molar-refractivity contribution in [2.45, 2.75) is 17.7 Å². The van der Waals surface area contributed by atoms with Gasteiger partial charge in [-0.2, -0.15) is 0 Å². The number of piperazine rings is 1. The summed E-state index contributed by atoms with van der Waals surface area (Å²) in [7, 11) is 0. The number of anilines is 1. The molecule has 0 atom stereocenters. The summed E-state index contributed by atoms with van der Waals surface area (Å²) < 4.78 is 0. The van der Waals surface area contributed by atoms with Crippen molar-refractivity contribution in [3.05, 3.63) is 59.6 Å². The molecule has 154 valence electrons. The zero-order chi connectivity index (χ0) is 20.5. The van der Waals surface area contributed by atoms with Gasteiger partial charge >= 0.3 is 0 Å². The molecule has 0 spiro atoms. The molecule has 1 heterocycles. The van der Waals surface area contributed by atoms with Gasteiger partial charge in [-0.05, 0) is 48.6 Å². The van der Waals surface area contributed by atoms with Gasteiger partial charge in [0.15, 0.2) is 0 Å². The molecule has 5 nitrogen and oxygen atoms in total. The largest absolute Gasteiger partial charge is 0.340 e. The Morgan fingerprint density at radius 1 is 0.966 bits per heavy atom. The monoisotopic (exact) mass is 431 g/mol. The number of para-hydroxylation sites is 1. The number of halogens is 1. The van der Waals surface area contributed by atoms with Crippen LogP contribution in [0.4, 0.5) is 5.69 Å². The van der Waals surface area contributed by atoms with Crippen molar-refractivity contribution in [1.82, 2.24) is 9.80 Å². The van der Waals surface area contributed by atoms with Crippen LogP contribution >= 0.6 is 23.4 Å². The van der Waals surface area contributed by atoms with E-state index in [1.165, 1.54) is 4.90 Å². The predicted octanol–water partition coefficient (Wildman–Crippen LogP) is 4.00. The fraction of sp³-hybridized carbons (Fsp3) is 0.364. The van der Waals surface area contributed by atoms with Gasteiger partial charge in [0, 0.05) is 48.2 Å². The van der Waals surface area contributed by atoms with E-state index >= 15 is 0 Å². The predicted molar refractivity (Wildman–Crippen MR) is 120 cm³/mol. The molecule has 1 aliphatic rings. The first-order chi connectivity index (χ1) is 14.1. The van der Waals surface area contributed by atoms with Crippen LogP contribution in [0.15, 0.2) is 59.5 Å². The van der Waals surface area contributed by atoms with Gasteiger partial charge in [-0.1, -0.05) is 29.8 Å². The molecule has 1 aliphatic heterocycles. The van der Waals surface area contributed by atoms with E-state index in [0.717, 1.165) is 36.0 Å². The number of nitrogens with one attached hydrogen (secondary N) is 1. The lowest BCUT2D eigenvalue weighted by Gasteiger charge is -2.34. The lowest BCUT2D eigenvalue weighted by molar-refractivity contribution is -0.133. The van der Waals surface area contributed by atoms with Gasteiger partial charge in [0.2, 0.25) is 11.8 Å². The minimum atomic E-state index is -0.0183. The molecule has 29 heavy (non-hydrogen) atoms. The summed E-state index contributed by atoms with van der Waals surface area (Å²) in [6.45, 7) is 3.18. The Morgan fingerprint density at radius 2 is 1.66 bits per heavy atom. The van der Waals surface area contributed by atoms with Crippen LogP contribution in [0.25, 0.3) is 0 Å². The number of amides is 2. The lowest BCUT2D eigenvalue weighted by atomic mass is 10.2. The number of benzene rings is 2. The summed E-state index contributed by atoms with van der Waals surface area (Å²) in [4.78, 5) is 29.8. The molecular weight excluding hydrogens is 406 g/mol. The molecule has 1 fully saturated rings. The number of hydrogen-bond donors (Lipinski definition) is 1. The van der Waals surface area contributed by atoms with Gasteiger partial charge in [-0.3, -0.25) is 14.5 Å². The minimum absolute atomic E-state index is 0.0183. The first kappa shape index (κ1) is 21.7. The molecule has 2 amide bonds. The highest BCUT2D eigenvalue weighted by atomic mass is 35.5. The lowest BCUT2D eigenvalue weighted by Crippen LogP contribution is -2.50. The normalized spacial score (nSPS) is 14.6. The zero-order valence-electron chi connectivity index (χ0n) is 16.4. The maximum Gasteiger partial charge on any atom is 0.238 e. The fourth-order valence-electron chi connectivity index (χ4n) is 3.18. The van der Waals surface area contributed by atoms with Gasteiger partial charge in [0.25, 0.3) is 0 Å². The Balaban J connectivity index is 1.30. The highest BCUT2D eigenvalue weighted by Crippen LogP contribution is 2.21. The first-order valence-electron chi connectivity index (χ1n) is 9.83. The van der Waals surface area contributed by atoms with Crippen LogP contribution in [-0.2, 0) is 9.59 Å². The Labute approximate surface area is 181 Å². The van der Waals surface area contributed by atoms with Crippen LogP contribution in [0, 0.1) is 0 Å². The number of rotatable bonds is 8. The summed E-state index contributed by atoms with van der Waals surface area (Å²) in [5.41, 5.74) is 0.808. The number of carbonyl (C=O) groups is 2. The molecule has 2 aromatic rings. The summed E-state index contributed by atoms with van der Waals surface area (Å²) in [6, 6.07) is 17.2. The van der Waals surface area contributed by atoms with Crippen LogP contribution in [0.2, 0.25) is 5.02 Å². The van der Waals surface area contributed by atoms with Gasteiger partial charge < -0.3 is 10.2 Å². The van der Waals surface area contributed by atoms with Crippen LogP contribution in [-0.4, -0.2) is 60.1 Å². The van der Waals surface area contributed by atoms with Crippen molar-refractivity contribution in [2.75, 3.05) is 43.8 Å². The molecule has 2 aromatic carbocycles. The van der Waals surface area contributed by atoms with Crippen molar-refractivity contribution in [3.8, 4) is 0 Å². The molecule has 0 saturated carbocycles. The van der Waals surface area contributed by atoms with Crippen molar-refractivity contribution in [3.63, 3.8) is 0 Å². The Bertz CT molecular complexity index is 793. The van der Waals surface area contributed by atoms with Crippen LogP contribution < -0.4 is 5.32 Å². The molecule has 0 unspecified atom stereocenters. The molecular formula is C22H26ClN3O2S. The van der Waals surface area contributed by atoms with Crippen molar-refractivity contribution < 1.29 is 9.59 Å². The third-order valence-electron chi connectivity index (χ3n) is 4.77. The van der Waals surface area contributed by atoms with Gasteiger partial charge in [-0.15, -0.1) is 11.8 Å². The highest BCUT2D eigenvalue weighted by molar-refractivity contribution is 7.99. The van der Waals surface area contributed by atoms with E-state index in [1.807, 2.05) is 59.5 Å². The quantitative estimate of drug-likeness (QED) is 0.507. The summed E-state index contributed by atoms with van der Waals surface area (Å²) in [5.74, 6) is 1.10. The molecule has 0 bridgehead atoms. The number of carbonyl (C=O) groups excluding carboxylic acids is 2. The average Bonchev–Trinajstić information content (AvgIpc) is 2.73. The van der Waals surface area contributed by atoms with E-state index in [4.69, 9.17) is 11.6 Å². The molecule has 0 aliphatic carbocycles. The zero-order valence-corrected chi connectivity index (χ0v) is 17.9. The Morgan fingerprint density at radius 3 is 2.34 bits per heavy atom. The SMILES string of the molecule is O=C(CN1CCN(C(=O)CCCSc2ccc(Cl)cc2)CC1)Nc1ccccc1. The van der Waals surface area contributed by atoms with Crippen molar-refractivity contribution >= 4 is 40.9 Å². The second-order valence-electron chi connectivity index (χ2n) is 6.98. The topological polar surface area (TPSA) is 52.7 Å². The van der Waals surface area contributed by atoms with Crippen LogP contribution in [0.1, 0.15) is 12.8 Å². The Kier molecular flexibility index (Phi) is 8.40. The van der Waals surface area contributed by atoms with E-state index in [0.29, 0.717) is 26.1 Å². The van der Waals surface area contributed by atoms with E-state index in [2.05, 4.69) is 10.2 Å². The van der Waals surface area contributed by atoms with Gasteiger partial charge in [-0.25, -0.2) is 0 Å². The van der Waals surface area contributed by atoms with E-state index in [-0.39, 0.29) is 11.8 Å². The second kappa shape index (κ2) is 11.2. The smallest absolute Gasteiger partial charge is 0.238 e. The number of nitrogens with zero attached hydrogens (tertiary/aromatic N) is 2. The van der Waals surface area contributed by atoms with Crippen molar-refractivity contribution in [2.24, 2.45) is 0 Å². The minimum Gasteiger partial charge on any atom is -0.340 e. The van der Waals surface area contributed by atoms with Gasteiger partial charge in [0.1, 0.15) is 0 Å². The van der Waals surface area contributed by atoms with Gasteiger partial charge in [0.05, 0.1) is 6.54 Å². The van der Waals surface area contributed by atoms with E-state index < -0.39 is 0 Å². The molecule has 0 aromatic heterocycles. The van der Waals surface area contributed by atoms with Crippen LogP contribution in [0.3, 0.4) is 0 Å². The standard InChI is InChI=1S/C22H26ClN3O2S/c23-18-8-10-20(11-9-18)29-16-4-7-22(28)26-14-12-25(13-15-26)17-21(27)24-19-5-2-1-3-6-19/h1-3,5-6,8-11H,4,7,12-17H2,(H,24,27). The third-order valence-corrected chi connectivity index (χ3v) is 6.12. The first-order valence-corrected chi connectivity index (χ1v) is 11.2. The molecule has 1 N–H and O–H groups in total. The second-order valence-corrected chi connectivity index (χ2v) is 8.58.